The first kappa shape index (κ1) is 26.5. The van der Waals surface area contributed by atoms with E-state index < -0.39 is 22.0 Å². The summed E-state index contributed by atoms with van der Waals surface area (Å²) in [6.07, 6.45) is 0.766. The molecule has 0 aliphatic rings. The Balaban J connectivity index is 2.26. The fraction of sp³-hybridized carbons (Fsp3) is 0.440. The predicted molar refractivity (Wildman–Crippen MR) is 130 cm³/mol. The highest BCUT2D eigenvalue weighted by Gasteiger charge is 2.30. The van der Waals surface area contributed by atoms with Crippen molar-refractivity contribution in [2.75, 3.05) is 13.6 Å². The largest absolute Gasteiger partial charge is 0.352 e. The van der Waals surface area contributed by atoms with Gasteiger partial charge in [-0.15, -0.1) is 0 Å². The van der Waals surface area contributed by atoms with Crippen LogP contribution in [0, 0.1) is 13.8 Å². The predicted octanol–water partition coefficient (Wildman–Crippen LogP) is 3.26. The van der Waals surface area contributed by atoms with Crippen LogP contribution in [-0.2, 0) is 26.2 Å². The van der Waals surface area contributed by atoms with Crippen molar-refractivity contribution in [2.24, 2.45) is 0 Å². The summed E-state index contributed by atoms with van der Waals surface area (Å²) in [6.45, 7) is 9.21. The molecule has 2 aromatic rings. The molecule has 0 aliphatic heterocycles. The van der Waals surface area contributed by atoms with Crippen molar-refractivity contribution in [1.29, 1.82) is 0 Å². The molecule has 0 fully saturated rings. The first-order valence-electron chi connectivity index (χ1n) is 11.1. The molecule has 8 heteroatoms. The van der Waals surface area contributed by atoms with Crippen LogP contribution in [0.4, 0.5) is 0 Å². The van der Waals surface area contributed by atoms with Crippen LogP contribution in [0.3, 0.4) is 0 Å². The summed E-state index contributed by atoms with van der Waals surface area (Å²) in [5.41, 5.74) is 2.89. The number of rotatable bonds is 10. The van der Waals surface area contributed by atoms with E-state index in [0.29, 0.717) is 0 Å². The summed E-state index contributed by atoms with van der Waals surface area (Å²) in [5.74, 6) is -0.714. The minimum absolute atomic E-state index is 0.0270. The second kappa shape index (κ2) is 11.4. The Labute approximate surface area is 197 Å². The number of carbonyl (C=O) groups is 2. The third kappa shape index (κ3) is 7.14. The second-order valence-corrected chi connectivity index (χ2v) is 10.6. The molecule has 0 spiro atoms. The van der Waals surface area contributed by atoms with Gasteiger partial charge in [0.2, 0.25) is 21.8 Å². The van der Waals surface area contributed by atoms with Crippen LogP contribution in [-0.4, -0.2) is 55.1 Å². The zero-order valence-electron chi connectivity index (χ0n) is 20.3. The van der Waals surface area contributed by atoms with Gasteiger partial charge in [-0.05, 0) is 51.8 Å². The van der Waals surface area contributed by atoms with Gasteiger partial charge in [-0.1, -0.05) is 54.4 Å². The number of nitrogens with zero attached hydrogens (tertiary/aromatic N) is 2. The molecule has 2 atom stereocenters. The van der Waals surface area contributed by atoms with E-state index in [-0.39, 0.29) is 29.9 Å². The van der Waals surface area contributed by atoms with Crippen molar-refractivity contribution in [2.45, 2.75) is 64.6 Å². The van der Waals surface area contributed by atoms with Crippen LogP contribution in [0.5, 0.6) is 0 Å². The fourth-order valence-electron chi connectivity index (χ4n) is 3.19. The number of nitrogens with one attached hydrogen (secondary N) is 1. The molecule has 2 amide bonds. The lowest BCUT2D eigenvalue weighted by Crippen LogP contribution is -2.51. The number of benzene rings is 2. The number of hydrogen-bond donors (Lipinski definition) is 1. The lowest BCUT2D eigenvalue weighted by Gasteiger charge is -2.31. The minimum Gasteiger partial charge on any atom is -0.352 e. The van der Waals surface area contributed by atoms with Gasteiger partial charge in [0.1, 0.15) is 6.04 Å². The smallest absolute Gasteiger partial charge is 0.243 e. The number of amides is 2. The van der Waals surface area contributed by atoms with Gasteiger partial charge in [0.05, 0.1) is 11.4 Å². The fourth-order valence-corrected chi connectivity index (χ4v) is 4.32. The van der Waals surface area contributed by atoms with Gasteiger partial charge in [0, 0.05) is 19.6 Å². The van der Waals surface area contributed by atoms with Crippen LogP contribution in [0.15, 0.2) is 53.4 Å². The molecular formula is C25H35N3O4S. The van der Waals surface area contributed by atoms with E-state index in [1.807, 2.05) is 52.0 Å². The summed E-state index contributed by atoms with van der Waals surface area (Å²) in [5, 5.41) is 2.91. The van der Waals surface area contributed by atoms with E-state index in [1.54, 1.807) is 19.1 Å². The van der Waals surface area contributed by atoms with Crippen molar-refractivity contribution in [1.82, 2.24) is 14.5 Å². The molecule has 2 rings (SSSR count). The normalized spacial score (nSPS) is 13.4. The summed E-state index contributed by atoms with van der Waals surface area (Å²) in [6, 6.07) is 13.4. The quantitative estimate of drug-likeness (QED) is 0.574. The van der Waals surface area contributed by atoms with E-state index in [9.17, 15) is 18.0 Å². The Morgan fingerprint density at radius 3 is 1.97 bits per heavy atom. The first-order valence-corrected chi connectivity index (χ1v) is 12.6. The Morgan fingerprint density at radius 1 is 0.939 bits per heavy atom. The molecule has 7 nitrogen and oxygen atoms in total. The summed E-state index contributed by atoms with van der Waals surface area (Å²) in [7, 11) is -2.47. The van der Waals surface area contributed by atoms with Gasteiger partial charge in [0.25, 0.3) is 0 Å². The minimum atomic E-state index is -3.85. The van der Waals surface area contributed by atoms with Gasteiger partial charge in [0.15, 0.2) is 0 Å². The molecule has 1 N–H and O–H groups in total. The molecule has 0 aliphatic carbocycles. The van der Waals surface area contributed by atoms with E-state index in [2.05, 4.69) is 5.32 Å². The number of carbonyl (C=O) groups excluding carboxylic acids is 2. The Bertz CT molecular complexity index is 1050. The van der Waals surface area contributed by atoms with Gasteiger partial charge in [-0.3, -0.25) is 9.59 Å². The Morgan fingerprint density at radius 2 is 1.45 bits per heavy atom. The van der Waals surface area contributed by atoms with Crippen LogP contribution in [0.25, 0.3) is 0 Å². The van der Waals surface area contributed by atoms with E-state index in [1.165, 1.54) is 24.1 Å². The van der Waals surface area contributed by atoms with Gasteiger partial charge in [-0.2, -0.15) is 4.31 Å². The summed E-state index contributed by atoms with van der Waals surface area (Å²) in [4.78, 5) is 27.7. The molecule has 0 saturated carbocycles. The number of likely N-dealkylation sites (N-methyl/N-ethyl adjacent to an activating group) is 1. The SMILES string of the molecule is CCC(C)NC(=O)C(C)N(Cc1ccc(C)cc1)C(=O)CN(C)S(=O)(=O)c1ccc(C)cc1. The molecule has 0 saturated heterocycles. The number of hydrogen-bond acceptors (Lipinski definition) is 4. The molecule has 33 heavy (non-hydrogen) atoms. The maximum atomic E-state index is 13.3. The molecule has 0 heterocycles. The molecule has 2 unspecified atom stereocenters. The van der Waals surface area contributed by atoms with Crippen LogP contribution in [0.1, 0.15) is 43.9 Å². The Hall–Kier alpha value is -2.71. The van der Waals surface area contributed by atoms with Gasteiger partial charge in [-0.25, -0.2) is 8.42 Å². The Kier molecular flexibility index (Phi) is 9.19. The topological polar surface area (TPSA) is 86.8 Å². The zero-order chi connectivity index (χ0) is 24.8. The lowest BCUT2D eigenvalue weighted by molar-refractivity contribution is -0.140. The van der Waals surface area contributed by atoms with E-state index in [4.69, 9.17) is 0 Å². The highest BCUT2D eigenvalue weighted by molar-refractivity contribution is 7.89. The van der Waals surface area contributed by atoms with Gasteiger partial charge < -0.3 is 10.2 Å². The zero-order valence-corrected chi connectivity index (χ0v) is 21.1. The number of sulfonamides is 1. The summed E-state index contributed by atoms with van der Waals surface area (Å²) < 4.78 is 27.0. The van der Waals surface area contributed by atoms with Crippen molar-refractivity contribution in [3.63, 3.8) is 0 Å². The van der Waals surface area contributed by atoms with Crippen molar-refractivity contribution in [3.05, 3.63) is 65.2 Å². The van der Waals surface area contributed by atoms with Crippen molar-refractivity contribution >= 4 is 21.8 Å². The highest BCUT2D eigenvalue weighted by atomic mass is 32.2. The van der Waals surface area contributed by atoms with Gasteiger partial charge >= 0.3 is 0 Å². The molecule has 0 aromatic heterocycles. The molecule has 180 valence electrons. The molecular weight excluding hydrogens is 438 g/mol. The van der Waals surface area contributed by atoms with Crippen molar-refractivity contribution in [3.8, 4) is 0 Å². The van der Waals surface area contributed by atoms with E-state index >= 15 is 0 Å². The number of aryl methyl sites for hydroxylation is 2. The van der Waals surface area contributed by atoms with Crippen LogP contribution >= 0.6 is 0 Å². The average Bonchev–Trinajstić information content (AvgIpc) is 2.78. The monoisotopic (exact) mass is 473 g/mol. The standard InChI is InChI=1S/C25H35N3O4S/c1-7-20(4)26-25(30)21(5)28(16-22-12-8-18(2)9-13-22)24(29)17-27(6)33(31,32)23-14-10-19(3)11-15-23/h8-15,20-21H,7,16-17H2,1-6H3,(H,26,30). The first-order chi connectivity index (χ1) is 15.4. The maximum Gasteiger partial charge on any atom is 0.243 e. The maximum absolute atomic E-state index is 13.3. The van der Waals surface area contributed by atoms with Crippen LogP contribution in [0.2, 0.25) is 0 Å². The molecule has 0 radical (unpaired) electrons. The van der Waals surface area contributed by atoms with E-state index in [0.717, 1.165) is 27.4 Å². The second-order valence-electron chi connectivity index (χ2n) is 8.58. The third-order valence-electron chi connectivity index (χ3n) is 5.73. The average molecular weight is 474 g/mol. The highest BCUT2D eigenvalue weighted by Crippen LogP contribution is 2.17. The summed E-state index contributed by atoms with van der Waals surface area (Å²) >= 11 is 0. The lowest BCUT2D eigenvalue weighted by atomic mass is 10.1. The van der Waals surface area contributed by atoms with Crippen LogP contribution < -0.4 is 5.32 Å². The molecule has 2 aromatic carbocycles. The molecule has 0 bridgehead atoms. The van der Waals surface area contributed by atoms with Crippen molar-refractivity contribution < 1.29 is 18.0 Å². The third-order valence-corrected chi connectivity index (χ3v) is 7.55.